The van der Waals surface area contributed by atoms with Gasteiger partial charge in [0.05, 0.1) is 6.20 Å². The molecule has 0 unspecified atom stereocenters. The Bertz CT molecular complexity index is 759. The Morgan fingerprint density at radius 3 is 2.86 bits per heavy atom. The van der Waals surface area contributed by atoms with Crippen molar-refractivity contribution in [1.29, 1.82) is 0 Å². The van der Waals surface area contributed by atoms with Crippen molar-refractivity contribution >= 4 is 16.0 Å². The number of aromatic amines is 1. The normalized spacial score (nSPS) is 15.2. The molecule has 9 heteroatoms. The standard InChI is InChI=1S/C12H14N4O4S/c17-12(18)11-3-10(7-16(11)9-1-2-9)21(19,20)15-6-8-4-13-14-5-8/h3-5,7,9,15H,1-2,6H2,(H,13,14)(H,17,18). The van der Waals surface area contributed by atoms with E-state index in [0.29, 0.717) is 5.56 Å². The third-order valence-electron chi connectivity index (χ3n) is 3.31. The molecule has 112 valence electrons. The third kappa shape index (κ3) is 2.83. The Morgan fingerprint density at radius 1 is 1.52 bits per heavy atom. The molecule has 1 aliphatic carbocycles. The first-order valence-electron chi connectivity index (χ1n) is 6.40. The molecule has 0 aromatic carbocycles. The topological polar surface area (TPSA) is 117 Å². The van der Waals surface area contributed by atoms with Gasteiger partial charge in [-0.25, -0.2) is 17.9 Å². The highest BCUT2D eigenvalue weighted by Gasteiger charge is 2.30. The van der Waals surface area contributed by atoms with Crippen molar-refractivity contribution in [2.24, 2.45) is 0 Å². The van der Waals surface area contributed by atoms with Crippen LogP contribution in [0.2, 0.25) is 0 Å². The molecular formula is C12H14N4O4S. The Hall–Kier alpha value is -2.13. The number of nitrogens with zero attached hydrogens (tertiary/aromatic N) is 2. The van der Waals surface area contributed by atoms with Crippen molar-refractivity contribution in [1.82, 2.24) is 19.5 Å². The quantitative estimate of drug-likeness (QED) is 0.727. The number of carbonyl (C=O) groups is 1. The lowest BCUT2D eigenvalue weighted by Crippen LogP contribution is -2.22. The number of sulfonamides is 1. The molecule has 8 nitrogen and oxygen atoms in total. The van der Waals surface area contributed by atoms with Crippen molar-refractivity contribution in [2.45, 2.75) is 30.3 Å². The molecule has 0 aliphatic heterocycles. The summed E-state index contributed by atoms with van der Waals surface area (Å²) in [5.74, 6) is -1.13. The molecule has 2 heterocycles. The van der Waals surface area contributed by atoms with Crippen LogP contribution in [0.3, 0.4) is 0 Å². The van der Waals surface area contributed by atoms with Crippen LogP contribution in [0.1, 0.15) is 34.9 Å². The Labute approximate surface area is 120 Å². The largest absolute Gasteiger partial charge is 0.477 e. The highest BCUT2D eigenvalue weighted by Crippen LogP contribution is 2.37. The van der Waals surface area contributed by atoms with Crippen molar-refractivity contribution in [3.63, 3.8) is 0 Å². The first-order chi connectivity index (χ1) is 9.97. The zero-order valence-corrected chi connectivity index (χ0v) is 11.8. The lowest BCUT2D eigenvalue weighted by Gasteiger charge is -2.03. The second-order valence-electron chi connectivity index (χ2n) is 4.94. The van der Waals surface area contributed by atoms with Gasteiger partial charge in [-0.05, 0) is 18.9 Å². The molecule has 3 N–H and O–H groups in total. The zero-order valence-electron chi connectivity index (χ0n) is 11.0. The third-order valence-corrected chi connectivity index (χ3v) is 4.68. The molecule has 0 spiro atoms. The Morgan fingerprint density at radius 2 is 2.29 bits per heavy atom. The summed E-state index contributed by atoms with van der Waals surface area (Å²) in [6.45, 7) is 0.0931. The maximum atomic E-state index is 12.2. The van der Waals surface area contributed by atoms with E-state index in [9.17, 15) is 13.2 Å². The second-order valence-corrected chi connectivity index (χ2v) is 6.70. The van der Waals surface area contributed by atoms with Gasteiger partial charge in [-0.15, -0.1) is 0 Å². The minimum Gasteiger partial charge on any atom is -0.477 e. The number of rotatable bonds is 6. The maximum Gasteiger partial charge on any atom is 0.352 e. The summed E-state index contributed by atoms with van der Waals surface area (Å²) in [5.41, 5.74) is 0.694. The molecular weight excluding hydrogens is 296 g/mol. The number of H-pyrrole nitrogens is 1. The monoisotopic (exact) mass is 310 g/mol. The van der Waals surface area contributed by atoms with E-state index >= 15 is 0 Å². The van der Waals surface area contributed by atoms with E-state index < -0.39 is 16.0 Å². The molecule has 0 bridgehead atoms. The summed E-state index contributed by atoms with van der Waals surface area (Å²) in [4.78, 5) is 11.2. The van der Waals surface area contributed by atoms with Crippen molar-refractivity contribution in [3.8, 4) is 0 Å². The van der Waals surface area contributed by atoms with E-state index in [4.69, 9.17) is 5.11 Å². The van der Waals surface area contributed by atoms with Crippen LogP contribution in [0.15, 0.2) is 29.6 Å². The first-order valence-corrected chi connectivity index (χ1v) is 7.88. The number of aromatic carboxylic acids is 1. The van der Waals surface area contributed by atoms with Gasteiger partial charge in [0.2, 0.25) is 10.0 Å². The van der Waals surface area contributed by atoms with Crippen LogP contribution in [0.5, 0.6) is 0 Å². The van der Waals surface area contributed by atoms with E-state index in [2.05, 4.69) is 14.9 Å². The van der Waals surface area contributed by atoms with Gasteiger partial charge in [-0.1, -0.05) is 0 Å². The number of carboxylic acids is 1. The van der Waals surface area contributed by atoms with Crippen molar-refractivity contribution < 1.29 is 18.3 Å². The molecule has 0 atom stereocenters. The summed E-state index contributed by atoms with van der Waals surface area (Å²) >= 11 is 0. The van der Waals surface area contributed by atoms with E-state index in [1.165, 1.54) is 23.0 Å². The average molecular weight is 310 g/mol. The zero-order chi connectivity index (χ0) is 15.0. The van der Waals surface area contributed by atoms with Crippen LogP contribution in [0.25, 0.3) is 0 Å². The molecule has 2 aromatic rings. The van der Waals surface area contributed by atoms with Gasteiger partial charge >= 0.3 is 5.97 Å². The molecule has 1 saturated carbocycles. The van der Waals surface area contributed by atoms with Crippen LogP contribution in [-0.4, -0.2) is 34.3 Å². The summed E-state index contributed by atoms with van der Waals surface area (Å²) in [6, 6.07) is 1.28. The van der Waals surface area contributed by atoms with Crippen molar-refractivity contribution in [2.75, 3.05) is 0 Å². The van der Waals surface area contributed by atoms with Crippen LogP contribution >= 0.6 is 0 Å². The Kier molecular flexibility index (Phi) is 3.30. The van der Waals surface area contributed by atoms with Crippen LogP contribution in [0, 0.1) is 0 Å². The van der Waals surface area contributed by atoms with Crippen LogP contribution in [0.4, 0.5) is 0 Å². The molecule has 1 fully saturated rings. The number of nitrogens with one attached hydrogen (secondary N) is 2. The molecule has 1 aliphatic rings. The van der Waals surface area contributed by atoms with Crippen LogP contribution < -0.4 is 4.72 Å². The smallest absolute Gasteiger partial charge is 0.352 e. The maximum absolute atomic E-state index is 12.2. The number of hydrogen-bond acceptors (Lipinski definition) is 4. The van der Waals surface area contributed by atoms with Gasteiger partial charge in [-0.2, -0.15) is 5.10 Å². The second kappa shape index (κ2) is 5.01. The molecule has 0 amide bonds. The first kappa shape index (κ1) is 13.8. The molecule has 0 radical (unpaired) electrons. The summed E-state index contributed by atoms with van der Waals surface area (Å²) < 4.78 is 28.4. The van der Waals surface area contributed by atoms with Gasteiger partial charge in [0.1, 0.15) is 10.6 Å². The number of carboxylic acid groups (broad SMARTS) is 1. The minimum absolute atomic E-state index is 0.00110. The van der Waals surface area contributed by atoms with Crippen LogP contribution in [-0.2, 0) is 16.6 Å². The highest BCUT2D eigenvalue weighted by molar-refractivity contribution is 7.89. The van der Waals surface area contributed by atoms with Gasteiger partial charge in [0.15, 0.2) is 0 Å². The predicted molar refractivity (Wildman–Crippen MR) is 72.3 cm³/mol. The van der Waals surface area contributed by atoms with Gasteiger partial charge in [0, 0.05) is 30.5 Å². The van der Waals surface area contributed by atoms with Gasteiger partial charge in [0.25, 0.3) is 0 Å². The fourth-order valence-corrected chi connectivity index (χ4v) is 3.11. The average Bonchev–Trinajstić information content (AvgIpc) is 2.97. The van der Waals surface area contributed by atoms with E-state index in [1.807, 2.05) is 0 Å². The summed E-state index contributed by atoms with van der Waals surface area (Å²) in [5, 5.41) is 15.5. The molecule has 2 aromatic heterocycles. The molecule has 21 heavy (non-hydrogen) atoms. The predicted octanol–water partition coefficient (Wildman–Crippen LogP) is 0.723. The number of hydrogen-bond donors (Lipinski definition) is 3. The van der Waals surface area contributed by atoms with Crippen molar-refractivity contribution in [3.05, 3.63) is 35.9 Å². The Balaban J connectivity index is 1.84. The number of aromatic nitrogens is 3. The van der Waals surface area contributed by atoms with Gasteiger partial charge < -0.3 is 9.67 Å². The SMILES string of the molecule is O=C(O)c1cc(S(=O)(=O)NCc2cn[nH]c2)cn1C1CC1. The lowest BCUT2D eigenvalue weighted by atomic mass is 10.4. The lowest BCUT2D eigenvalue weighted by molar-refractivity contribution is 0.0685. The van der Waals surface area contributed by atoms with E-state index in [-0.39, 0.29) is 23.2 Å². The highest BCUT2D eigenvalue weighted by atomic mass is 32.2. The summed E-state index contributed by atoms with van der Waals surface area (Å²) in [6.07, 6.45) is 6.23. The fourth-order valence-electron chi connectivity index (χ4n) is 2.06. The van der Waals surface area contributed by atoms with Gasteiger partial charge in [-0.3, -0.25) is 5.10 Å². The van der Waals surface area contributed by atoms with E-state index in [0.717, 1.165) is 12.8 Å². The minimum atomic E-state index is -3.75. The summed E-state index contributed by atoms with van der Waals surface area (Å²) in [7, 11) is -3.75. The van der Waals surface area contributed by atoms with E-state index in [1.54, 1.807) is 6.20 Å². The molecule has 0 saturated heterocycles. The fraction of sp³-hybridized carbons (Fsp3) is 0.333. The molecule has 3 rings (SSSR count).